The maximum Gasteiger partial charge on any atom is 0.140 e. The molecule has 0 saturated heterocycles. The molecule has 1 heterocycles. The molecule has 0 unspecified atom stereocenters. The number of ether oxygens (including phenoxy) is 2. The molecule has 96 valence electrons. The van der Waals surface area contributed by atoms with E-state index >= 15 is 0 Å². The van der Waals surface area contributed by atoms with Crippen LogP contribution in [0.2, 0.25) is 0 Å². The average molecular weight is 247 g/mol. The van der Waals surface area contributed by atoms with Gasteiger partial charge in [-0.05, 0) is 12.1 Å². The van der Waals surface area contributed by atoms with Crippen molar-refractivity contribution in [3.8, 4) is 22.9 Å². The normalized spacial score (nSPS) is 10.4. The third-order valence-corrected chi connectivity index (χ3v) is 2.70. The van der Waals surface area contributed by atoms with E-state index in [2.05, 4.69) is 4.98 Å². The fraction of sp³-hybridized carbons (Fsp3) is 0.308. The summed E-state index contributed by atoms with van der Waals surface area (Å²) in [6, 6.07) is 5.69. The Morgan fingerprint density at radius 2 is 1.83 bits per heavy atom. The molecular weight excluding hydrogens is 230 g/mol. The molecule has 0 aliphatic carbocycles. The summed E-state index contributed by atoms with van der Waals surface area (Å²) in [4.78, 5) is 4.35. The van der Waals surface area contributed by atoms with E-state index in [0.29, 0.717) is 6.54 Å². The summed E-state index contributed by atoms with van der Waals surface area (Å²) in [6.45, 7) is 1.30. The van der Waals surface area contributed by atoms with Crippen molar-refractivity contribution in [1.82, 2.24) is 9.55 Å². The first kappa shape index (κ1) is 12.4. The van der Waals surface area contributed by atoms with Gasteiger partial charge in [0.25, 0.3) is 0 Å². The summed E-state index contributed by atoms with van der Waals surface area (Å²) in [5.41, 5.74) is 6.53. The number of benzene rings is 1. The minimum absolute atomic E-state index is 0.574. The number of nitrogens with two attached hydrogens (primary N) is 1. The molecule has 0 bridgehead atoms. The van der Waals surface area contributed by atoms with E-state index in [1.807, 2.05) is 29.0 Å². The Morgan fingerprint density at radius 1 is 1.17 bits per heavy atom. The quantitative estimate of drug-likeness (QED) is 0.870. The SMILES string of the molecule is COc1cc(OC)cc(-c2nccn2CCN)c1. The van der Waals surface area contributed by atoms with Crippen LogP contribution in [-0.4, -0.2) is 30.3 Å². The van der Waals surface area contributed by atoms with Crippen LogP contribution >= 0.6 is 0 Å². The Labute approximate surface area is 106 Å². The van der Waals surface area contributed by atoms with Crippen LogP contribution in [0.25, 0.3) is 11.4 Å². The molecule has 5 heteroatoms. The van der Waals surface area contributed by atoms with E-state index < -0.39 is 0 Å². The number of rotatable bonds is 5. The summed E-state index contributed by atoms with van der Waals surface area (Å²) >= 11 is 0. The van der Waals surface area contributed by atoms with Gasteiger partial charge in [0.15, 0.2) is 0 Å². The molecule has 2 aromatic rings. The first-order valence-corrected chi connectivity index (χ1v) is 5.73. The van der Waals surface area contributed by atoms with Gasteiger partial charge in [-0.3, -0.25) is 0 Å². The van der Waals surface area contributed by atoms with Gasteiger partial charge in [0.05, 0.1) is 14.2 Å². The van der Waals surface area contributed by atoms with Crippen LogP contribution in [0, 0.1) is 0 Å². The van der Waals surface area contributed by atoms with Crippen molar-refractivity contribution in [3.05, 3.63) is 30.6 Å². The van der Waals surface area contributed by atoms with Crippen molar-refractivity contribution in [2.45, 2.75) is 6.54 Å². The van der Waals surface area contributed by atoms with E-state index in [1.165, 1.54) is 0 Å². The van der Waals surface area contributed by atoms with Crippen LogP contribution in [0.4, 0.5) is 0 Å². The van der Waals surface area contributed by atoms with E-state index in [9.17, 15) is 0 Å². The topological polar surface area (TPSA) is 62.3 Å². The molecule has 2 N–H and O–H groups in total. The molecule has 0 aliphatic rings. The largest absolute Gasteiger partial charge is 0.497 e. The second-order valence-electron chi connectivity index (χ2n) is 3.83. The zero-order valence-corrected chi connectivity index (χ0v) is 10.6. The standard InChI is InChI=1S/C13H17N3O2/c1-17-11-7-10(8-12(9-11)18-2)13-15-4-6-16(13)5-3-14/h4,6-9H,3,5,14H2,1-2H3. The first-order chi connectivity index (χ1) is 8.78. The highest BCUT2D eigenvalue weighted by Crippen LogP contribution is 2.28. The third kappa shape index (κ3) is 2.46. The van der Waals surface area contributed by atoms with Gasteiger partial charge in [0.2, 0.25) is 0 Å². The lowest BCUT2D eigenvalue weighted by Gasteiger charge is -2.10. The molecule has 0 spiro atoms. The molecule has 0 radical (unpaired) electrons. The summed E-state index contributed by atoms with van der Waals surface area (Å²) in [5.74, 6) is 2.34. The summed E-state index contributed by atoms with van der Waals surface area (Å²) in [5, 5.41) is 0. The minimum atomic E-state index is 0.574. The van der Waals surface area contributed by atoms with E-state index in [4.69, 9.17) is 15.2 Å². The Bertz CT molecular complexity index is 500. The van der Waals surface area contributed by atoms with Crippen molar-refractivity contribution in [3.63, 3.8) is 0 Å². The van der Waals surface area contributed by atoms with Crippen molar-refractivity contribution in [2.24, 2.45) is 5.73 Å². The zero-order valence-electron chi connectivity index (χ0n) is 10.6. The Morgan fingerprint density at radius 3 is 2.39 bits per heavy atom. The highest BCUT2D eigenvalue weighted by atomic mass is 16.5. The Kier molecular flexibility index (Phi) is 3.84. The van der Waals surface area contributed by atoms with Crippen LogP contribution in [0.15, 0.2) is 30.6 Å². The van der Waals surface area contributed by atoms with Crippen LogP contribution in [0.5, 0.6) is 11.5 Å². The molecule has 18 heavy (non-hydrogen) atoms. The zero-order chi connectivity index (χ0) is 13.0. The lowest BCUT2D eigenvalue weighted by molar-refractivity contribution is 0.394. The van der Waals surface area contributed by atoms with Crippen LogP contribution in [0.1, 0.15) is 0 Å². The van der Waals surface area contributed by atoms with E-state index in [0.717, 1.165) is 29.4 Å². The monoisotopic (exact) mass is 247 g/mol. The van der Waals surface area contributed by atoms with Gasteiger partial charge in [-0.1, -0.05) is 0 Å². The summed E-state index contributed by atoms with van der Waals surface area (Å²) in [6.07, 6.45) is 3.67. The number of hydrogen-bond acceptors (Lipinski definition) is 4. The van der Waals surface area contributed by atoms with Gasteiger partial charge in [-0.2, -0.15) is 0 Å². The maximum absolute atomic E-state index is 5.58. The highest BCUT2D eigenvalue weighted by Gasteiger charge is 2.09. The fourth-order valence-electron chi connectivity index (χ4n) is 1.83. The van der Waals surface area contributed by atoms with Crippen molar-refractivity contribution >= 4 is 0 Å². The number of imidazole rings is 1. The smallest absolute Gasteiger partial charge is 0.140 e. The van der Waals surface area contributed by atoms with Crippen LogP contribution in [0.3, 0.4) is 0 Å². The molecule has 1 aromatic heterocycles. The second-order valence-corrected chi connectivity index (χ2v) is 3.83. The fourth-order valence-corrected chi connectivity index (χ4v) is 1.83. The van der Waals surface area contributed by atoms with E-state index in [-0.39, 0.29) is 0 Å². The number of aromatic nitrogens is 2. The van der Waals surface area contributed by atoms with Crippen LogP contribution in [-0.2, 0) is 6.54 Å². The van der Waals surface area contributed by atoms with Gasteiger partial charge >= 0.3 is 0 Å². The van der Waals surface area contributed by atoms with Crippen molar-refractivity contribution in [1.29, 1.82) is 0 Å². The van der Waals surface area contributed by atoms with Crippen molar-refractivity contribution in [2.75, 3.05) is 20.8 Å². The number of hydrogen-bond donors (Lipinski definition) is 1. The molecule has 0 fully saturated rings. The maximum atomic E-state index is 5.58. The highest BCUT2D eigenvalue weighted by molar-refractivity contribution is 5.61. The lowest BCUT2D eigenvalue weighted by atomic mass is 10.2. The third-order valence-electron chi connectivity index (χ3n) is 2.70. The van der Waals surface area contributed by atoms with Gasteiger partial charge in [0, 0.05) is 37.1 Å². The molecule has 5 nitrogen and oxygen atoms in total. The predicted molar refractivity (Wildman–Crippen MR) is 69.8 cm³/mol. The molecule has 0 amide bonds. The Hall–Kier alpha value is -2.01. The Balaban J connectivity index is 2.45. The van der Waals surface area contributed by atoms with Gasteiger partial charge in [-0.25, -0.2) is 4.98 Å². The molecular formula is C13H17N3O2. The summed E-state index contributed by atoms with van der Waals surface area (Å²) < 4.78 is 12.5. The second kappa shape index (κ2) is 5.55. The summed E-state index contributed by atoms with van der Waals surface area (Å²) in [7, 11) is 3.26. The lowest BCUT2D eigenvalue weighted by Crippen LogP contribution is -2.10. The van der Waals surface area contributed by atoms with E-state index in [1.54, 1.807) is 20.4 Å². The van der Waals surface area contributed by atoms with Crippen molar-refractivity contribution < 1.29 is 9.47 Å². The molecule has 0 aliphatic heterocycles. The molecule has 2 rings (SSSR count). The number of methoxy groups -OCH3 is 2. The predicted octanol–water partition coefficient (Wildman–Crippen LogP) is 1.53. The molecule has 1 aromatic carbocycles. The average Bonchev–Trinajstić information content (AvgIpc) is 2.87. The minimum Gasteiger partial charge on any atom is -0.497 e. The molecule has 0 saturated carbocycles. The van der Waals surface area contributed by atoms with Gasteiger partial charge in [0.1, 0.15) is 17.3 Å². The number of nitrogens with zero attached hydrogens (tertiary/aromatic N) is 2. The van der Waals surface area contributed by atoms with Gasteiger partial charge < -0.3 is 19.8 Å². The van der Waals surface area contributed by atoms with Crippen LogP contribution < -0.4 is 15.2 Å². The van der Waals surface area contributed by atoms with Gasteiger partial charge in [-0.15, -0.1) is 0 Å². The first-order valence-electron chi connectivity index (χ1n) is 5.73. The molecule has 0 atom stereocenters.